The van der Waals surface area contributed by atoms with E-state index in [-0.39, 0.29) is 5.54 Å². The van der Waals surface area contributed by atoms with Crippen LogP contribution in [0.5, 0.6) is 0 Å². The largest absolute Gasteiger partial charge is 0.308 e. The third-order valence-corrected chi connectivity index (χ3v) is 3.90. The van der Waals surface area contributed by atoms with Crippen molar-refractivity contribution in [1.29, 1.82) is 0 Å². The van der Waals surface area contributed by atoms with Crippen molar-refractivity contribution in [3.63, 3.8) is 0 Å². The maximum Gasteiger partial charge on any atom is 0.116 e. The molecule has 0 saturated carbocycles. The third kappa shape index (κ3) is 4.78. The van der Waals surface area contributed by atoms with Crippen molar-refractivity contribution >= 4 is 23.4 Å². The minimum atomic E-state index is 0.0811. The fourth-order valence-corrected chi connectivity index (χ4v) is 2.65. The predicted octanol–water partition coefficient (Wildman–Crippen LogP) is 4.17. The van der Waals surface area contributed by atoms with Gasteiger partial charge in [0.05, 0.1) is 0 Å². The van der Waals surface area contributed by atoms with E-state index < -0.39 is 0 Å². The van der Waals surface area contributed by atoms with Crippen molar-refractivity contribution in [3.05, 3.63) is 47.4 Å². The van der Waals surface area contributed by atoms with E-state index >= 15 is 0 Å². The zero-order chi connectivity index (χ0) is 14.6. The van der Waals surface area contributed by atoms with Crippen molar-refractivity contribution in [1.82, 2.24) is 15.3 Å². The van der Waals surface area contributed by atoms with Crippen LogP contribution in [0, 0.1) is 0 Å². The molecule has 0 unspecified atom stereocenters. The van der Waals surface area contributed by atoms with Crippen LogP contribution in [-0.2, 0) is 6.54 Å². The zero-order valence-electron chi connectivity index (χ0n) is 11.9. The molecule has 0 aliphatic rings. The van der Waals surface area contributed by atoms with Crippen LogP contribution in [0.3, 0.4) is 0 Å². The number of nitrogens with one attached hydrogen (secondary N) is 1. The minimum absolute atomic E-state index is 0.0811. The van der Waals surface area contributed by atoms with E-state index in [4.69, 9.17) is 11.6 Å². The number of halogens is 1. The van der Waals surface area contributed by atoms with E-state index in [0.717, 1.165) is 27.1 Å². The van der Waals surface area contributed by atoms with Gasteiger partial charge in [0.2, 0.25) is 0 Å². The molecule has 0 amide bonds. The highest BCUT2D eigenvalue weighted by atomic mass is 35.5. The van der Waals surface area contributed by atoms with Crippen molar-refractivity contribution < 1.29 is 0 Å². The van der Waals surface area contributed by atoms with E-state index in [1.807, 2.05) is 12.1 Å². The van der Waals surface area contributed by atoms with Crippen LogP contribution < -0.4 is 5.32 Å². The summed E-state index contributed by atoms with van der Waals surface area (Å²) in [6.07, 6.45) is 3.28. The molecule has 0 spiro atoms. The molecule has 0 aliphatic carbocycles. The molecule has 1 aromatic carbocycles. The lowest BCUT2D eigenvalue weighted by molar-refractivity contribution is 0.424. The first kappa shape index (κ1) is 15.3. The van der Waals surface area contributed by atoms with Gasteiger partial charge >= 0.3 is 0 Å². The summed E-state index contributed by atoms with van der Waals surface area (Å²) in [7, 11) is 0. The number of hydrogen-bond donors (Lipinski definition) is 1. The third-order valence-electron chi connectivity index (χ3n) is 2.61. The standard InChI is InChI=1S/C15H18ClN3S/c1-15(2,3)19-9-11-4-5-12(8-13(11)16)20-14-6-7-17-10-18-14/h4-8,10,19H,9H2,1-3H3. The summed E-state index contributed by atoms with van der Waals surface area (Å²) in [5.74, 6) is 0. The van der Waals surface area contributed by atoms with E-state index in [1.54, 1.807) is 24.3 Å². The first-order chi connectivity index (χ1) is 9.44. The zero-order valence-corrected chi connectivity index (χ0v) is 13.4. The van der Waals surface area contributed by atoms with Crippen molar-refractivity contribution in [2.24, 2.45) is 0 Å². The van der Waals surface area contributed by atoms with Gasteiger partial charge in [-0.15, -0.1) is 0 Å². The lowest BCUT2D eigenvalue weighted by atomic mass is 10.1. The molecule has 1 heterocycles. The fourth-order valence-electron chi connectivity index (χ4n) is 1.55. The molecule has 0 bridgehead atoms. The Kier molecular flexibility index (Phi) is 5.02. The quantitative estimate of drug-likeness (QED) is 0.860. The summed E-state index contributed by atoms with van der Waals surface area (Å²) >= 11 is 7.92. The average molecular weight is 308 g/mol. The fraction of sp³-hybridized carbons (Fsp3) is 0.333. The molecule has 0 radical (unpaired) electrons. The maximum absolute atomic E-state index is 6.34. The van der Waals surface area contributed by atoms with Crippen molar-refractivity contribution in [3.8, 4) is 0 Å². The van der Waals surface area contributed by atoms with Gasteiger partial charge in [0.1, 0.15) is 11.4 Å². The molecule has 2 rings (SSSR count). The van der Waals surface area contributed by atoms with Crippen LogP contribution in [0.4, 0.5) is 0 Å². The number of aromatic nitrogens is 2. The van der Waals surface area contributed by atoms with Gasteiger partial charge in [-0.1, -0.05) is 29.4 Å². The number of rotatable bonds is 4. The molecule has 0 fully saturated rings. The topological polar surface area (TPSA) is 37.8 Å². The lowest BCUT2D eigenvalue weighted by Crippen LogP contribution is -2.35. The van der Waals surface area contributed by atoms with Gasteiger partial charge in [-0.3, -0.25) is 0 Å². The Labute approximate surface area is 129 Å². The second-order valence-electron chi connectivity index (χ2n) is 5.51. The number of nitrogens with zero attached hydrogens (tertiary/aromatic N) is 2. The molecule has 0 atom stereocenters. The van der Waals surface area contributed by atoms with E-state index in [9.17, 15) is 0 Å². The van der Waals surface area contributed by atoms with Crippen LogP contribution >= 0.6 is 23.4 Å². The lowest BCUT2D eigenvalue weighted by Gasteiger charge is -2.21. The van der Waals surface area contributed by atoms with Gasteiger partial charge in [-0.25, -0.2) is 9.97 Å². The van der Waals surface area contributed by atoms with Gasteiger partial charge in [0.15, 0.2) is 0 Å². The van der Waals surface area contributed by atoms with Crippen molar-refractivity contribution in [2.45, 2.75) is 42.8 Å². The summed E-state index contributed by atoms with van der Waals surface area (Å²) < 4.78 is 0. The van der Waals surface area contributed by atoms with E-state index in [2.05, 4.69) is 48.2 Å². The predicted molar refractivity (Wildman–Crippen MR) is 84.2 cm³/mol. The first-order valence-electron chi connectivity index (χ1n) is 6.41. The molecule has 0 aliphatic heterocycles. The Hall–Kier alpha value is -1.10. The summed E-state index contributed by atoms with van der Waals surface area (Å²) in [4.78, 5) is 9.18. The number of benzene rings is 1. The van der Waals surface area contributed by atoms with Crippen LogP contribution in [0.2, 0.25) is 5.02 Å². The molecule has 2 aromatic rings. The summed E-state index contributed by atoms with van der Waals surface area (Å²) in [6.45, 7) is 7.18. The monoisotopic (exact) mass is 307 g/mol. The van der Waals surface area contributed by atoms with Crippen molar-refractivity contribution in [2.75, 3.05) is 0 Å². The molecule has 5 heteroatoms. The molecular formula is C15H18ClN3S. The Morgan fingerprint density at radius 2 is 2.05 bits per heavy atom. The summed E-state index contributed by atoms with van der Waals surface area (Å²) in [6, 6.07) is 7.99. The second-order valence-corrected chi connectivity index (χ2v) is 7.01. The second kappa shape index (κ2) is 6.57. The van der Waals surface area contributed by atoms with Gasteiger partial charge in [-0.05, 0) is 44.5 Å². The number of hydrogen-bond acceptors (Lipinski definition) is 4. The minimum Gasteiger partial charge on any atom is -0.308 e. The Bertz CT molecular complexity index is 567. The summed E-state index contributed by atoms with van der Waals surface area (Å²) in [5, 5.41) is 5.13. The molecule has 20 heavy (non-hydrogen) atoms. The normalized spacial score (nSPS) is 11.6. The van der Waals surface area contributed by atoms with Crippen LogP contribution in [0.15, 0.2) is 46.7 Å². The van der Waals surface area contributed by atoms with E-state index in [1.165, 1.54) is 0 Å². The Balaban J connectivity index is 2.06. The highest BCUT2D eigenvalue weighted by molar-refractivity contribution is 7.99. The SMILES string of the molecule is CC(C)(C)NCc1ccc(Sc2ccncn2)cc1Cl. The van der Waals surface area contributed by atoms with Crippen LogP contribution in [0.1, 0.15) is 26.3 Å². The molecule has 3 nitrogen and oxygen atoms in total. The Morgan fingerprint density at radius 3 is 2.65 bits per heavy atom. The molecule has 106 valence electrons. The smallest absolute Gasteiger partial charge is 0.116 e. The van der Waals surface area contributed by atoms with Gasteiger partial charge < -0.3 is 5.32 Å². The van der Waals surface area contributed by atoms with Gasteiger partial charge in [0, 0.05) is 28.2 Å². The van der Waals surface area contributed by atoms with Gasteiger partial charge in [0.25, 0.3) is 0 Å². The maximum atomic E-state index is 6.34. The van der Waals surface area contributed by atoms with Crippen LogP contribution in [0.25, 0.3) is 0 Å². The molecular weight excluding hydrogens is 290 g/mol. The Morgan fingerprint density at radius 1 is 1.25 bits per heavy atom. The van der Waals surface area contributed by atoms with Crippen LogP contribution in [-0.4, -0.2) is 15.5 Å². The molecule has 1 aromatic heterocycles. The van der Waals surface area contributed by atoms with Gasteiger partial charge in [-0.2, -0.15) is 0 Å². The summed E-state index contributed by atoms with van der Waals surface area (Å²) in [5.41, 5.74) is 1.19. The molecule has 1 N–H and O–H groups in total. The molecule has 0 saturated heterocycles. The average Bonchev–Trinajstić information content (AvgIpc) is 2.38. The van der Waals surface area contributed by atoms with E-state index in [0.29, 0.717) is 0 Å². The highest BCUT2D eigenvalue weighted by Gasteiger charge is 2.10. The first-order valence-corrected chi connectivity index (χ1v) is 7.61. The highest BCUT2D eigenvalue weighted by Crippen LogP contribution is 2.29.